The SMILES string of the molecule is C=C(CC(CN(C)C)C(=O)c1ccccc1)C(=O)c1ccccc1. The Morgan fingerprint density at radius 3 is 1.92 bits per heavy atom. The van der Waals surface area contributed by atoms with E-state index in [2.05, 4.69) is 6.58 Å². The molecule has 2 aromatic rings. The van der Waals surface area contributed by atoms with Gasteiger partial charge in [-0.1, -0.05) is 67.2 Å². The van der Waals surface area contributed by atoms with Crippen molar-refractivity contribution in [3.05, 3.63) is 83.9 Å². The van der Waals surface area contributed by atoms with Crippen molar-refractivity contribution in [3.8, 4) is 0 Å². The molecule has 3 heteroatoms. The van der Waals surface area contributed by atoms with Crippen molar-refractivity contribution in [2.45, 2.75) is 6.42 Å². The fraction of sp³-hybridized carbons (Fsp3) is 0.238. The summed E-state index contributed by atoms with van der Waals surface area (Å²) >= 11 is 0. The Balaban J connectivity index is 2.15. The number of carbonyl (C=O) groups is 2. The number of hydrogen-bond acceptors (Lipinski definition) is 3. The number of Topliss-reactive ketones (excluding diaryl/α,β-unsaturated/α-hetero) is 2. The summed E-state index contributed by atoms with van der Waals surface area (Å²) in [4.78, 5) is 27.3. The highest BCUT2D eigenvalue weighted by molar-refractivity contribution is 6.09. The summed E-state index contributed by atoms with van der Waals surface area (Å²) in [5, 5.41) is 0. The molecule has 0 N–H and O–H groups in total. The van der Waals surface area contributed by atoms with Crippen LogP contribution < -0.4 is 0 Å². The van der Waals surface area contributed by atoms with Gasteiger partial charge in [0.1, 0.15) is 0 Å². The standard InChI is InChI=1S/C21H23NO2/c1-16(20(23)17-10-6-4-7-11-17)14-19(15-22(2)3)21(24)18-12-8-5-9-13-18/h4-13,19H,1,14-15H2,2-3H3. The van der Waals surface area contributed by atoms with Gasteiger partial charge in [0.05, 0.1) is 0 Å². The van der Waals surface area contributed by atoms with Crippen molar-refractivity contribution in [3.63, 3.8) is 0 Å². The second-order valence-electron chi connectivity index (χ2n) is 6.19. The maximum Gasteiger partial charge on any atom is 0.188 e. The first-order valence-corrected chi connectivity index (χ1v) is 8.00. The minimum absolute atomic E-state index is 0.0475. The molecule has 0 heterocycles. The Bertz CT molecular complexity index is 705. The summed E-state index contributed by atoms with van der Waals surface area (Å²) in [5.74, 6) is -0.339. The van der Waals surface area contributed by atoms with Crippen molar-refractivity contribution < 1.29 is 9.59 Å². The Morgan fingerprint density at radius 1 is 0.917 bits per heavy atom. The Morgan fingerprint density at radius 2 is 1.42 bits per heavy atom. The van der Waals surface area contributed by atoms with Gasteiger partial charge < -0.3 is 4.90 Å². The molecule has 1 unspecified atom stereocenters. The monoisotopic (exact) mass is 321 g/mol. The smallest absolute Gasteiger partial charge is 0.188 e. The first-order chi connectivity index (χ1) is 11.5. The zero-order valence-corrected chi connectivity index (χ0v) is 14.2. The van der Waals surface area contributed by atoms with Crippen LogP contribution in [0.1, 0.15) is 27.1 Å². The van der Waals surface area contributed by atoms with E-state index in [1.807, 2.05) is 67.5 Å². The van der Waals surface area contributed by atoms with Crippen molar-refractivity contribution in [1.29, 1.82) is 0 Å². The average Bonchev–Trinajstić information content (AvgIpc) is 2.61. The quantitative estimate of drug-likeness (QED) is 0.547. The van der Waals surface area contributed by atoms with Crippen molar-refractivity contribution in [1.82, 2.24) is 4.90 Å². The van der Waals surface area contributed by atoms with Crippen molar-refractivity contribution in [2.24, 2.45) is 5.92 Å². The third-order valence-corrected chi connectivity index (χ3v) is 3.86. The van der Waals surface area contributed by atoms with Gasteiger partial charge in [0.15, 0.2) is 11.6 Å². The number of hydrogen-bond donors (Lipinski definition) is 0. The summed E-state index contributed by atoms with van der Waals surface area (Å²) in [6.45, 7) is 4.51. The van der Waals surface area contributed by atoms with Gasteiger partial charge in [-0.15, -0.1) is 0 Å². The van der Waals surface area contributed by atoms with Gasteiger partial charge >= 0.3 is 0 Å². The number of carbonyl (C=O) groups excluding carboxylic acids is 2. The van der Waals surface area contributed by atoms with Crippen LogP contribution >= 0.6 is 0 Å². The molecule has 0 aliphatic heterocycles. The molecule has 0 aliphatic carbocycles. The number of nitrogens with zero attached hydrogens (tertiary/aromatic N) is 1. The van der Waals surface area contributed by atoms with Gasteiger partial charge in [-0.25, -0.2) is 0 Å². The van der Waals surface area contributed by atoms with Gasteiger partial charge in [0.2, 0.25) is 0 Å². The number of benzene rings is 2. The molecule has 0 saturated carbocycles. The largest absolute Gasteiger partial charge is 0.309 e. The van der Waals surface area contributed by atoms with Gasteiger partial charge in [0.25, 0.3) is 0 Å². The van der Waals surface area contributed by atoms with Crippen LogP contribution in [0.15, 0.2) is 72.8 Å². The van der Waals surface area contributed by atoms with Crippen LogP contribution in [-0.2, 0) is 0 Å². The van der Waals surface area contributed by atoms with Crippen LogP contribution in [0, 0.1) is 5.92 Å². The Hall–Kier alpha value is -2.52. The Kier molecular flexibility index (Phi) is 6.21. The van der Waals surface area contributed by atoms with E-state index < -0.39 is 0 Å². The third-order valence-electron chi connectivity index (χ3n) is 3.86. The average molecular weight is 321 g/mol. The summed E-state index contributed by atoms with van der Waals surface area (Å²) in [6.07, 6.45) is 0.361. The molecule has 0 aromatic heterocycles. The lowest BCUT2D eigenvalue weighted by molar-refractivity contribution is 0.0892. The summed E-state index contributed by atoms with van der Waals surface area (Å²) in [7, 11) is 3.85. The van der Waals surface area contributed by atoms with Crippen molar-refractivity contribution in [2.75, 3.05) is 20.6 Å². The predicted molar refractivity (Wildman–Crippen MR) is 97.3 cm³/mol. The minimum atomic E-state index is -0.289. The van der Waals surface area contributed by atoms with Gasteiger partial charge in [-0.3, -0.25) is 9.59 Å². The normalized spacial score (nSPS) is 12.0. The summed E-state index contributed by atoms with van der Waals surface area (Å²) in [6, 6.07) is 18.3. The summed E-state index contributed by atoms with van der Waals surface area (Å²) < 4.78 is 0. The Labute approximate surface area is 143 Å². The molecule has 124 valence electrons. The number of allylic oxidation sites excluding steroid dienone is 1. The molecule has 0 bridgehead atoms. The van der Waals surface area contributed by atoms with Crippen LogP contribution in [0.5, 0.6) is 0 Å². The number of ketones is 2. The van der Waals surface area contributed by atoms with Crippen LogP contribution in [0.25, 0.3) is 0 Å². The second-order valence-corrected chi connectivity index (χ2v) is 6.19. The molecular formula is C21H23NO2. The van der Waals surface area contributed by atoms with Crippen LogP contribution in [0.4, 0.5) is 0 Å². The van der Waals surface area contributed by atoms with Crippen LogP contribution in [0.3, 0.4) is 0 Å². The lowest BCUT2D eigenvalue weighted by Gasteiger charge is -2.21. The molecule has 3 nitrogen and oxygen atoms in total. The minimum Gasteiger partial charge on any atom is -0.309 e. The summed E-state index contributed by atoms with van der Waals surface area (Å²) in [5.41, 5.74) is 1.75. The first-order valence-electron chi connectivity index (χ1n) is 8.00. The van der Waals surface area contributed by atoms with E-state index in [1.54, 1.807) is 12.1 Å². The molecule has 2 rings (SSSR count). The van der Waals surface area contributed by atoms with Gasteiger partial charge in [-0.2, -0.15) is 0 Å². The molecule has 0 saturated heterocycles. The van der Waals surface area contributed by atoms with Crippen LogP contribution in [0.2, 0.25) is 0 Å². The highest BCUT2D eigenvalue weighted by atomic mass is 16.1. The first kappa shape index (κ1) is 17.8. The van der Waals surface area contributed by atoms with Crippen molar-refractivity contribution >= 4 is 11.6 Å². The van der Waals surface area contributed by atoms with E-state index in [0.29, 0.717) is 29.7 Å². The van der Waals surface area contributed by atoms with Crippen LogP contribution in [-0.4, -0.2) is 37.1 Å². The highest BCUT2D eigenvalue weighted by Gasteiger charge is 2.24. The molecule has 24 heavy (non-hydrogen) atoms. The maximum atomic E-state index is 12.8. The maximum absolute atomic E-state index is 12.8. The predicted octanol–water partition coefficient (Wildman–Crippen LogP) is 3.88. The molecule has 0 fully saturated rings. The zero-order chi connectivity index (χ0) is 17.5. The van der Waals surface area contributed by atoms with Gasteiger partial charge in [0, 0.05) is 23.6 Å². The molecule has 2 aromatic carbocycles. The lowest BCUT2D eigenvalue weighted by atomic mass is 9.88. The molecular weight excluding hydrogens is 298 g/mol. The molecule has 0 radical (unpaired) electrons. The number of rotatable bonds is 8. The van der Waals surface area contributed by atoms with E-state index >= 15 is 0 Å². The molecule has 0 amide bonds. The van der Waals surface area contributed by atoms with E-state index in [9.17, 15) is 9.59 Å². The van der Waals surface area contributed by atoms with E-state index in [0.717, 1.165) is 0 Å². The van der Waals surface area contributed by atoms with E-state index in [4.69, 9.17) is 0 Å². The van der Waals surface area contributed by atoms with E-state index in [1.165, 1.54) is 0 Å². The molecule has 0 spiro atoms. The zero-order valence-electron chi connectivity index (χ0n) is 14.2. The topological polar surface area (TPSA) is 37.4 Å². The second kappa shape index (κ2) is 8.37. The van der Waals surface area contributed by atoms with E-state index in [-0.39, 0.29) is 17.5 Å². The third kappa shape index (κ3) is 4.74. The fourth-order valence-electron chi connectivity index (χ4n) is 2.70. The highest BCUT2D eigenvalue weighted by Crippen LogP contribution is 2.20. The fourth-order valence-corrected chi connectivity index (χ4v) is 2.70. The molecule has 1 atom stereocenters. The lowest BCUT2D eigenvalue weighted by Crippen LogP contribution is -2.29. The van der Waals surface area contributed by atoms with Gasteiger partial charge in [-0.05, 0) is 26.1 Å². The molecule has 0 aliphatic rings.